The normalized spacial score (nSPS) is 10.4. The summed E-state index contributed by atoms with van der Waals surface area (Å²) in [6, 6.07) is 25.5. The van der Waals surface area contributed by atoms with Crippen molar-refractivity contribution in [2.75, 3.05) is 17.7 Å². The van der Waals surface area contributed by atoms with Gasteiger partial charge in [-0.2, -0.15) is 4.98 Å². The minimum Gasteiger partial charge on any atom is -0.497 e. The molecule has 0 amide bonds. The lowest BCUT2D eigenvalue weighted by atomic mass is 10.1. The van der Waals surface area contributed by atoms with Crippen LogP contribution in [0.5, 0.6) is 5.75 Å². The predicted octanol–water partition coefficient (Wildman–Crippen LogP) is 4.90. The number of rotatable bonds is 7. The largest absolute Gasteiger partial charge is 0.497 e. The Hall–Kier alpha value is -3.93. The highest BCUT2D eigenvalue weighted by Crippen LogP contribution is 2.24. The van der Waals surface area contributed by atoms with E-state index in [0.717, 1.165) is 28.4 Å². The molecule has 2 N–H and O–H groups in total. The second kappa shape index (κ2) is 8.84. The number of methoxy groups -OCH3 is 1. The molecule has 0 saturated heterocycles. The Balaban J connectivity index is 1.62. The van der Waals surface area contributed by atoms with Gasteiger partial charge in [-0.1, -0.05) is 36.4 Å². The molecule has 0 aliphatic rings. The zero-order valence-corrected chi connectivity index (χ0v) is 16.0. The molecule has 6 nitrogen and oxygen atoms in total. The van der Waals surface area contributed by atoms with Gasteiger partial charge in [-0.25, -0.2) is 4.98 Å². The molecular formula is C23H21N5O. The minimum absolute atomic E-state index is 0.535. The van der Waals surface area contributed by atoms with Crippen molar-refractivity contribution in [1.29, 1.82) is 0 Å². The average molecular weight is 383 g/mol. The maximum atomic E-state index is 5.22. The molecule has 0 saturated carbocycles. The van der Waals surface area contributed by atoms with Crippen molar-refractivity contribution < 1.29 is 4.74 Å². The van der Waals surface area contributed by atoms with Crippen LogP contribution in [-0.4, -0.2) is 22.1 Å². The Morgan fingerprint density at radius 3 is 2.38 bits per heavy atom. The highest BCUT2D eigenvalue weighted by molar-refractivity contribution is 5.67. The van der Waals surface area contributed by atoms with Gasteiger partial charge < -0.3 is 15.4 Å². The van der Waals surface area contributed by atoms with Gasteiger partial charge in [0, 0.05) is 23.5 Å². The Labute approximate surface area is 169 Å². The van der Waals surface area contributed by atoms with Gasteiger partial charge >= 0.3 is 0 Å². The lowest BCUT2D eigenvalue weighted by Gasteiger charge is -2.12. The van der Waals surface area contributed by atoms with Crippen LogP contribution in [0.25, 0.3) is 11.3 Å². The van der Waals surface area contributed by atoms with E-state index in [1.165, 1.54) is 0 Å². The van der Waals surface area contributed by atoms with E-state index < -0.39 is 0 Å². The number of aromatic nitrogens is 3. The third kappa shape index (κ3) is 4.87. The maximum Gasteiger partial charge on any atom is 0.225 e. The number of hydrogen-bond donors (Lipinski definition) is 2. The summed E-state index contributed by atoms with van der Waals surface area (Å²) in [6.07, 6.45) is 1.77. The van der Waals surface area contributed by atoms with Crippen LogP contribution in [0.3, 0.4) is 0 Å². The second-order valence-corrected chi connectivity index (χ2v) is 6.36. The summed E-state index contributed by atoms with van der Waals surface area (Å²) in [6.45, 7) is 0.543. The molecule has 0 aliphatic carbocycles. The van der Waals surface area contributed by atoms with Crippen LogP contribution in [0.15, 0.2) is 85.1 Å². The predicted molar refractivity (Wildman–Crippen MR) is 115 cm³/mol. The smallest absolute Gasteiger partial charge is 0.225 e. The summed E-state index contributed by atoms with van der Waals surface area (Å²) >= 11 is 0. The number of hydrogen-bond acceptors (Lipinski definition) is 6. The van der Waals surface area contributed by atoms with Crippen LogP contribution < -0.4 is 15.4 Å². The number of pyridine rings is 1. The van der Waals surface area contributed by atoms with E-state index in [-0.39, 0.29) is 0 Å². The summed E-state index contributed by atoms with van der Waals surface area (Å²) in [5, 5.41) is 6.61. The number of nitrogens with one attached hydrogen (secondary N) is 2. The first-order valence-electron chi connectivity index (χ1n) is 9.29. The third-order valence-corrected chi connectivity index (χ3v) is 4.31. The molecule has 0 spiro atoms. The van der Waals surface area contributed by atoms with E-state index in [4.69, 9.17) is 4.74 Å². The molecule has 2 aromatic carbocycles. The van der Waals surface area contributed by atoms with E-state index in [1.807, 2.05) is 78.9 Å². The molecule has 4 aromatic rings. The molecule has 2 heterocycles. The summed E-state index contributed by atoms with van der Waals surface area (Å²) in [5.74, 6) is 2.04. The maximum absolute atomic E-state index is 5.22. The van der Waals surface area contributed by atoms with Gasteiger partial charge in [0.1, 0.15) is 11.6 Å². The summed E-state index contributed by atoms with van der Waals surface area (Å²) in [4.78, 5) is 13.6. The van der Waals surface area contributed by atoms with Crippen LogP contribution in [0, 0.1) is 0 Å². The first kappa shape index (κ1) is 18.4. The summed E-state index contributed by atoms with van der Waals surface area (Å²) in [7, 11) is 1.65. The molecule has 4 rings (SSSR count). The molecular weight excluding hydrogens is 362 g/mol. The fraction of sp³-hybridized carbons (Fsp3) is 0.0870. The number of ether oxygens (including phenoxy) is 1. The molecule has 6 heteroatoms. The van der Waals surface area contributed by atoms with Gasteiger partial charge in [0.15, 0.2) is 0 Å². The zero-order valence-electron chi connectivity index (χ0n) is 16.0. The van der Waals surface area contributed by atoms with E-state index in [9.17, 15) is 0 Å². The van der Waals surface area contributed by atoms with Crippen molar-refractivity contribution in [1.82, 2.24) is 15.0 Å². The fourth-order valence-electron chi connectivity index (χ4n) is 2.84. The first-order chi connectivity index (χ1) is 14.3. The van der Waals surface area contributed by atoms with E-state index in [0.29, 0.717) is 18.3 Å². The summed E-state index contributed by atoms with van der Waals surface area (Å²) in [5.41, 5.74) is 3.69. The van der Waals surface area contributed by atoms with Crippen molar-refractivity contribution in [3.8, 4) is 17.0 Å². The van der Waals surface area contributed by atoms with Gasteiger partial charge in [-0.15, -0.1) is 0 Å². The van der Waals surface area contributed by atoms with Crippen molar-refractivity contribution in [2.24, 2.45) is 0 Å². The Morgan fingerprint density at radius 1 is 0.862 bits per heavy atom. The van der Waals surface area contributed by atoms with Gasteiger partial charge in [-0.05, 0) is 36.4 Å². The van der Waals surface area contributed by atoms with Gasteiger partial charge in [0.25, 0.3) is 0 Å². The minimum atomic E-state index is 0.535. The Bertz CT molecular complexity index is 1050. The standard InChI is InChI=1S/C23H21N5O/c1-29-20-12-10-18(11-13-20)26-22-15-21(17-7-3-2-4-8-17)27-23(28-22)25-16-19-9-5-6-14-24-19/h2-15H,16H2,1H3,(H2,25,26,27,28). The van der Waals surface area contributed by atoms with Gasteiger partial charge in [-0.3, -0.25) is 4.98 Å². The van der Waals surface area contributed by atoms with Crippen molar-refractivity contribution in [3.63, 3.8) is 0 Å². The van der Waals surface area contributed by atoms with E-state index >= 15 is 0 Å². The van der Waals surface area contributed by atoms with Crippen LogP contribution in [-0.2, 0) is 6.54 Å². The van der Waals surface area contributed by atoms with Crippen LogP contribution in [0.2, 0.25) is 0 Å². The molecule has 29 heavy (non-hydrogen) atoms. The number of benzene rings is 2. The quantitative estimate of drug-likeness (QED) is 0.473. The van der Waals surface area contributed by atoms with Crippen LogP contribution in [0.1, 0.15) is 5.69 Å². The summed E-state index contributed by atoms with van der Waals surface area (Å²) < 4.78 is 5.22. The van der Waals surface area contributed by atoms with Gasteiger partial charge in [0.2, 0.25) is 5.95 Å². The highest BCUT2D eigenvalue weighted by Gasteiger charge is 2.08. The second-order valence-electron chi connectivity index (χ2n) is 6.36. The molecule has 0 aliphatic heterocycles. The lowest BCUT2D eigenvalue weighted by Crippen LogP contribution is -2.07. The van der Waals surface area contributed by atoms with Gasteiger partial charge in [0.05, 0.1) is 25.0 Å². The highest BCUT2D eigenvalue weighted by atomic mass is 16.5. The SMILES string of the molecule is COc1ccc(Nc2cc(-c3ccccc3)nc(NCc3ccccn3)n2)cc1. The monoisotopic (exact) mass is 383 g/mol. The van der Waals surface area contributed by atoms with Crippen molar-refractivity contribution in [2.45, 2.75) is 6.54 Å². The number of nitrogens with zero attached hydrogens (tertiary/aromatic N) is 3. The van der Waals surface area contributed by atoms with Crippen molar-refractivity contribution >= 4 is 17.5 Å². The molecule has 144 valence electrons. The van der Waals surface area contributed by atoms with Crippen LogP contribution >= 0.6 is 0 Å². The Kier molecular flexibility index (Phi) is 5.62. The van der Waals surface area contributed by atoms with Crippen LogP contribution in [0.4, 0.5) is 17.5 Å². The van der Waals surface area contributed by atoms with E-state index in [2.05, 4.69) is 25.6 Å². The Morgan fingerprint density at radius 2 is 1.66 bits per heavy atom. The fourth-order valence-corrected chi connectivity index (χ4v) is 2.84. The average Bonchev–Trinajstić information content (AvgIpc) is 2.79. The van der Waals surface area contributed by atoms with E-state index in [1.54, 1.807) is 13.3 Å². The number of anilines is 3. The molecule has 0 fully saturated rings. The topological polar surface area (TPSA) is 72.0 Å². The molecule has 0 bridgehead atoms. The molecule has 0 unspecified atom stereocenters. The zero-order chi connectivity index (χ0) is 19.9. The van der Waals surface area contributed by atoms with Crippen molar-refractivity contribution in [3.05, 3.63) is 90.8 Å². The molecule has 0 radical (unpaired) electrons. The first-order valence-corrected chi connectivity index (χ1v) is 9.29. The molecule has 2 aromatic heterocycles. The lowest BCUT2D eigenvalue weighted by molar-refractivity contribution is 0.415. The third-order valence-electron chi connectivity index (χ3n) is 4.31. The molecule has 0 atom stereocenters.